The van der Waals surface area contributed by atoms with Crippen LogP contribution in [-0.4, -0.2) is 49.8 Å². The summed E-state index contributed by atoms with van der Waals surface area (Å²) in [5.74, 6) is 0. The molecule has 1 aromatic rings. The second-order valence-electron chi connectivity index (χ2n) is 4.79. The Bertz CT molecular complexity index is 634. The Kier molecular flexibility index (Phi) is 4.73. The van der Waals surface area contributed by atoms with Gasteiger partial charge in [-0.25, -0.2) is 4.79 Å². The summed E-state index contributed by atoms with van der Waals surface area (Å²) in [6.45, 7) is 1.40. The van der Waals surface area contributed by atoms with Crippen LogP contribution in [0.25, 0.3) is 6.08 Å². The topological polar surface area (TPSA) is 125 Å². The van der Waals surface area contributed by atoms with Crippen LogP contribution in [-0.2, 0) is 4.74 Å². The van der Waals surface area contributed by atoms with Gasteiger partial charge in [-0.05, 0) is 6.42 Å². The maximum absolute atomic E-state index is 11.8. The molecule has 116 valence electrons. The van der Waals surface area contributed by atoms with Gasteiger partial charge < -0.3 is 20.1 Å². The zero-order valence-corrected chi connectivity index (χ0v) is 11.5. The van der Waals surface area contributed by atoms with Crippen molar-refractivity contribution in [3.63, 3.8) is 0 Å². The van der Waals surface area contributed by atoms with E-state index >= 15 is 0 Å². The normalized spacial score (nSPS) is 29.3. The molecule has 21 heavy (non-hydrogen) atoms. The van der Waals surface area contributed by atoms with Crippen molar-refractivity contribution < 1.29 is 20.1 Å². The van der Waals surface area contributed by atoms with Crippen LogP contribution >= 0.6 is 0 Å². The lowest BCUT2D eigenvalue weighted by Crippen LogP contribution is -2.38. The predicted molar refractivity (Wildman–Crippen MR) is 73.7 cm³/mol. The lowest BCUT2D eigenvalue weighted by atomic mass is 10.1. The molecule has 2 rings (SSSR count). The van der Waals surface area contributed by atoms with Crippen LogP contribution in [0.3, 0.4) is 0 Å². The van der Waals surface area contributed by atoms with Crippen molar-refractivity contribution in [1.29, 1.82) is 0 Å². The quantitative estimate of drug-likeness (QED) is 0.540. The molecule has 1 aromatic heterocycles. The summed E-state index contributed by atoms with van der Waals surface area (Å²) < 4.78 is 6.27. The lowest BCUT2D eigenvalue weighted by Gasteiger charge is -2.17. The van der Waals surface area contributed by atoms with E-state index in [2.05, 4.69) is 4.98 Å². The SMILES string of the molecule is CC/C=C/c1cn([C@@H]2O[C@H](CO)[C@H](O)C2O)c(=O)[nH]c1=O. The van der Waals surface area contributed by atoms with Crippen molar-refractivity contribution in [2.75, 3.05) is 6.61 Å². The highest BCUT2D eigenvalue weighted by molar-refractivity contribution is 5.46. The number of rotatable bonds is 4. The number of hydrogen-bond donors (Lipinski definition) is 4. The molecule has 4 atom stereocenters. The molecule has 0 radical (unpaired) electrons. The van der Waals surface area contributed by atoms with E-state index in [4.69, 9.17) is 9.84 Å². The number of allylic oxidation sites excluding steroid dienone is 1. The molecule has 8 heteroatoms. The van der Waals surface area contributed by atoms with E-state index in [1.807, 2.05) is 6.92 Å². The van der Waals surface area contributed by atoms with Crippen molar-refractivity contribution in [2.45, 2.75) is 37.9 Å². The molecule has 8 nitrogen and oxygen atoms in total. The molecule has 1 unspecified atom stereocenters. The third-order valence-corrected chi connectivity index (χ3v) is 3.32. The molecule has 0 spiro atoms. The Balaban J connectivity index is 2.42. The second-order valence-corrected chi connectivity index (χ2v) is 4.79. The van der Waals surface area contributed by atoms with E-state index in [-0.39, 0.29) is 5.56 Å². The van der Waals surface area contributed by atoms with Gasteiger partial charge in [0, 0.05) is 6.20 Å². The van der Waals surface area contributed by atoms with Gasteiger partial charge in [0.2, 0.25) is 0 Å². The molecule has 0 amide bonds. The zero-order valence-electron chi connectivity index (χ0n) is 11.5. The Morgan fingerprint density at radius 2 is 2.10 bits per heavy atom. The van der Waals surface area contributed by atoms with Gasteiger partial charge in [0.1, 0.15) is 18.3 Å². The molecule has 0 bridgehead atoms. The van der Waals surface area contributed by atoms with Crippen LogP contribution in [0.2, 0.25) is 0 Å². The first-order valence-electron chi connectivity index (χ1n) is 6.64. The third kappa shape index (κ3) is 2.98. The molecular formula is C13H18N2O6. The Labute approximate surface area is 119 Å². The van der Waals surface area contributed by atoms with Crippen molar-refractivity contribution >= 4 is 6.08 Å². The predicted octanol–water partition coefficient (Wildman–Crippen LogP) is -1.43. The van der Waals surface area contributed by atoms with Crippen molar-refractivity contribution in [1.82, 2.24) is 9.55 Å². The van der Waals surface area contributed by atoms with Crippen LogP contribution in [0, 0.1) is 0 Å². The van der Waals surface area contributed by atoms with E-state index in [1.54, 1.807) is 12.2 Å². The van der Waals surface area contributed by atoms with Crippen LogP contribution in [0.5, 0.6) is 0 Å². The second kappa shape index (κ2) is 6.35. The number of H-pyrrole nitrogens is 1. The van der Waals surface area contributed by atoms with Gasteiger partial charge in [0.15, 0.2) is 6.23 Å². The fourth-order valence-electron chi connectivity index (χ4n) is 2.16. The summed E-state index contributed by atoms with van der Waals surface area (Å²) in [7, 11) is 0. The summed E-state index contributed by atoms with van der Waals surface area (Å²) in [6.07, 6.45) is 0.420. The first kappa shape index (κ1) is 15.6. The van der Waals surface area contributed by atoms with E-state index in [0.717, 1.165) is 4.57 Å². The smallest absolute Gasteiger partial charge is 0.330 e. The monoisotopic (exact) mass is 298 g/mol. The molecule has 0 aromatic carbocycles. The van der Waals surface area contributed by atoms with Gasteiger partial charge in [-0.15, -0.1) is 0 Å². The van der Waals surface area contributed by atoms with Crippen LogP contribution in [0.1, 0.15) is 25.1 Å². The molecule has 1 aliphatic heterocycles. The zero-order chi connectivity index (χ0) is 15.6. The number of aliphatic hydroxyl groups is 3. The van der Waals surface area contributed by atoms with Crippen LogP contribution in [0.4, 0.5) is 0 Å². The highest BCUT2D eigenvalue weighted by atomic mass is 16.6. The van der Waals surface area contributed by atoms with E-state index in [9.17, 15) is 19.8 Å². The highest BCUT2D eigenvalue weighted by Crippen LogP contribution is 2.27. The van der Waals surface area contributed by atoms with Gasteiger partial charge >= 0.3 is 5.69 Å². The minimum Gasteiger partial charge on any atom is -0.394 e. The number of aliphatic hydroxyl groups excluding tert-OH is 3. The maximum Gasteiger partial charge on any atom is 0.330 e. The molecule has 1 fully saturated rings. The summed E-state index contributed by atoms with van der Waals surface area (Å²) in [5, 5.41) is 28.7. The number of aromatic amines is 1. The summed E-state index contributed by atoms with van der Waals surface area (Å²) in [6, 6.07) is 0. The Hall–Kier alpha value is -1.74. The Morgan fingerprint density at radius 1 is 1.38 bits per heavy atom. The molecule has 0 saturated carbocycles. The van der Waals surface area contributed by atoms with Crippen molar-refractivity contribution in [3.8, 4) is 0 Å². The van der Waals surface area contributed by atoms with Gasteiger partial charge in [0.05, 0.1) is 12.2 Å². The van der Waals surface area contributed by atoms with Crippen molar-refractivity contribution in [3.05, 3.63) is 38.7 Å². The summed E-state index contributed by atoms with van der Waals surface area (Å²) >= 11 is 0. The first-order valence-corrected chi connectivity index (χ1v) is 6.64. The van der Waals surface area contributed by atoms with Gasteiger partial charge in [-0.1, -0.05) is 19.1 Å². The van der Waals surface area contributed by atoms with E-state index < -0.39 is 42.4 Å². The molecular weight excluding hydrogens is 280 g/mol. The Morgan fingerprint density at radius 3 is 2.67 bits per heavy atom. The first-order chi connectivity index (χ1) is 9.99. The van der Waals surface area contributed by atoms with Gasteiger partial charge in [0.25, 0.3) is 5.56 Å². The van der Waals surface area contributed by atoms with Crippen molar-refractivity contribution in [2.24, 2.45) is 0 Å². The number of nitrogens with zero attached hydrogens (tertiary/aromatic N) is 1. The minimum absolute atomic E-state index is 0.231. The maximum atomic E-state index is 11.8. The van der Waals surface area contributed by atoms with E-state index in [0.29, 0.717) is 6.42 Å². The summed E-state index contributed by atoms with van der Waals surface area (Å²) in [5.41, 5.74) is -1.08. The number of hydrogen-bond acceptors (Lipinski definition) is 6. The molecule has 2 heterocycles. The minimum atomic E-state index is -1.38. The number of aromatic nitrogens is 2. The third-order valence-electron chi connectivity index (χ3n) is 3.32. The largest absolute Gasteiger partial charge is 0.394 e. The fourth-order valence-corrected chi connectivity index (χ4v) is 2.16. The number of nitrogens with one attached hydrogen (secondary N) is 1. The fraction of sp³-hybridized carbons (Fsp3) is 0.538. The van der Waals surface area contributed by atoms with Gasteiger partial charge in [-0.3, -0.25) is 14.3 Å². The molecule has 4 N–H and O–H groups in total. The molecule has 1 aliphatic rings. The summed E-state index contributed by atoms with van der Waals surface area (Å²) in [4.78, 5) is 25.6. The number of ether oxygens (including phenoxy) is 1. The van der Waals surface area contributed by atoms with E-state index in [1.165, 1.54) is 6.20 Å². The highest BCUT2D eigenvalue weighted by Gasteiger charge is 2.43. The van der Waals surface area contributed by atoms with Crippen LogP contribution in [0.15, 0.2) is 21.9 Å². The standard InChI is InChI=1S/C13H18N2O6/c1-2-3-4-7-5-15(13(20)14-11(7)19)12-10(18)9(17)8(6-16)21-12/h3-5,8-10,12,16-18H,2,6H2,1H3,(H,14,19,20)/b4-3+/t8-,9+,10?,12-/m1/s1. The molecule has 0 aliphatic carbocycles. The lowest BCUT2D eigenvalue weighted by molar-refractivity contribution is -0.0550. The molecule has 1 saturated heterocycles. The van der Waals surface area contributed by atoms with Gasteiger partial charge in [-0.2, -0.15) is 0 Å². The van der Waals surface area contributed by atoms with Crippen LogP contribution < -0.4 is 11.2 Å². The average molecular weight is 298 g/mol. The average Bonchev–Trinajstić information content (AvgIpc) is 2.74.